The maximum absolute atomic E-state index is 13.7. The Labute approximate surface area is 102 Å². The molecule has 0 aliphatic rings. The zero-order valence-electron chi connectivity index (χ0n) is 9.05. The largest absolute Gasteiger partial charge is 0.497 e. The average Bonchev–Trinajstić information content (AvgIpc) is 2.27. The van der Waals surface area contributed by atoms with Crippen molar-refractivity contribution in [3.05, 3.63) is 29.1 Å². The number of esters is 1. The summed E-state index contributed by atoms with van der Waals surface area (Å²) in [5.41, 5.74) is 0.467. The van der Waals surface area contributed by atoms with Gasteiger partial charge >= 0.3 is 5.97 Å². The predicted octanol–water partition coefficient (Wildman–Crippen LogP) is 2.91. The number of hydrogen-bond acceptors (Lipinski definition) is 3. The Hall–Kier alpha value is -1.10. The highest BCUT2D eigenvalue weighted by Crippen LogP contribution is 2.24. The lowest BCUT2D eigenvalue weighted by Crippen LogP contribution is -2.10. The van der Waals surface area contributed by atoms with Crippen molar-refractivity contribution in [1.82, 2.24) is 0 Å². The van der Waals surface area contributed by atoms with Gasteiger partial charge in [-0.25, -0.2) is 9.18 Å². The summed E-state index contributed by atoms with van der Waals surface area (Å²) in [6.45, 7) is 1.89. The minimum absolute atomic E-state index is 0.0421. The van der Waals surface area contributed by atoms with Gasteiger partial charge < -0.3 is 9.47 Å². The molecule has 0 heterocycles. The second-order valence-corrected chi connectivity index (χ2v) is 3.56. The third-order valence-corrected chi connectivity index (χ3v) is 2.61. The maximum Gasteiger partial charge on any atom is 0.341 e. The second kappa shape index (κ2) is 5.84. The number of benzene rings is 1. The van der Waals surface area contributed by atoms with Crippen molar-refractivity contribution in [2.24, 2.45) is 0 Å². The highest BCUT2D eigenvalue weighted by molar-refractivity contribution is 9.08. The molecule has 5 heteroatoms. The van der Waals surface area contributed by atoms with Crippen LogP contribution in [-0.2, 0) is 10.1 Å². The summed E-state index contributed by atoms with van der Waals surface area (Å²) in [7, 11) is 1.44. The van der Waals surface area contributed by atoms with E-state index in [4.69, 9.17) is 9.47 Å². The summed E-state index contributed by atoms with van der Waals surface area (Å²) in [6.07, 6.45) is 0. The van der Waals surface area contributed by atoms with E-state index in [1.165, 1.54) is 13.2 Å². The molecule has 0 N–H and O–H groups in total. The molecule has 0 aromatic heterocycles. The zero-order chi connectivity index (χ0) is 12.1. The Bertz CT molecular complexity index is 393. The molecule has 3 nitrogen and oxygen atoms in total. The van der Waals surface area contributed by atoms with Crippen molar-refractivity contribution in [2.75, 3.05) is 13.7 Å². The van der Waals surface area contributed by atoms with E-state index in [1.807, 2.05) is 0 Å². The van der Waals surface area contributed by atoms with E-state index < -0.39 is 11.8 Å². The van der Waals surface area contributed by atoms with E-state index in [0.717, 1.165) is 0 Å². The first-order valence-electron chi connectivity index (χ1n) is 4.73. The highest BCUT2D eigenvalue weighted by atomic mass is 79.9. The summed E-state index contributed by atoms with van der Waals surface area (Å²) in [6, 6.07) is 2.77. The minimum atomic E-state index is -0.655. The number of rotatable bonds is 4. The van der Waals surface area contributed by atoms with Crippen LogP contribution in [0.15, 0.2) is 12.1 Å². The van der Waals surface area contributed by atoms with Gasteiger partial charge in [0, 0.05) is 11.4 Å². The van der Waals surface area contributed by atoms with Crippen LogP contribution in [0.1, 0.15) is 22.8 Å². The molecular formula is C11H12BrFO3. The van der Waals surface area contributed by atoms with E-state index in [1.54, 1.807) is 13.0 Å². The lowest BCUT2D eigenvalue weighted by Gasteiger charge is -2.10. The van der Waals surface area contributed by atoms with Crippen molar-refractivity contribution in [3.8, 4) is 5.75 Å². The Kier molecular flexibility index (Phi) is 4.73. The maximum atomic E-state index is 13.7. The molecule has 0 unspecified atom stereocenters. The van der Waals surface area contributed by atoms with Gasteiger partial charge in [0.15, 0.2) is 0 Å². The number of alkyl halides is 1. The molecule has 0 atom stereocenters. The molecule has 0 fully saturated rings. The summed E-state index contributed by atoms with van der Waals surface area (Å²) in [5.74, 6) is -0.913. The Balaban J connectivity index is 3.21. The molecule has 0 saturated heterocycles. The van der Waals surface area contributed by atoms with Crippen molar-refractivity contribution in [1.29, 1.82) is 0 Å². The van der Waals surface area contributed by atoms with Crippen molar-refractivity contribution < 1.29 is 18.7 Å². The molecule has 1 aromatic carbocycles. The van der Waals surface area contributed by atoms with Crippen LogP contribution < -0.4 is 4.74 Å². The standard InChI is InChI=1S/C11H12BrFO3/c1-3-16-11(14)10-7(6-12)4-8(15-2)5-9(10)13/h4-5H,3,6H2,1-2H3. The van der Waals surface area contributed by atoms with Crippen LogP contribution in [-0.4, -0.2) is 19.7 Å². The van der Waals surface area contributed by atoms with Gasteiger partial charge in [-0.1, -0.05) is 15.9 Å². The van der Waals surface area contributed by atoms with Crippen LogP contribution in [0.2, 0.25) is 0 Å². The predicted molar refractivity (Wildman–Crippen MR) is 61.5 cm³/mol. The molecule has 16 heavy (non-hydrogen) atoms. The van der Waals surface area contributed by atoms with Gasteiger partial charge in [0.25, 0.3) is 0 Å². The lowest BCUT2D eigenvalue weighted by molar-refractivity contribution is 0.0520. The summed E-state index contributed by atoms with van der Waals surface area (Å²) >= 11 is 3.20. The quantitative estimate of drug-likeness (QED) is 0.632. The fourth-order valence-electron chi connectivity index (χ4n) is 1.29. The molecule has 0 aliphatic carbocycles. The Morgan fingerprint density at radius 2 is 2.19 bits per heavy atom. The number of carbonyl (C=O) groups is 1. The molecule has 0 spiro atoms. The van der Waals surface area contributed by atoms with Gasteiger partial charge in [-0.05, 0) is 18.6 Å². The number of halogens is 2. The summed E-state index contributed by atoms with van der Waals surface area (Å²) < 4.78 is 23.4. The van der Waals surface area contributed by atoms with Crippen molar-refractivity contribution in [2.45, 2.75) is 12.3 Å². The van der Waals surface area contributed by atoms with Gasteiger partial charge in [0.2, 0.25) is 0 Å². The number of ether oxygens (including phenoxy) is 2. The topological polar surface area (TPSA) is 35.5 Å². The molecule has 0 bridgehead atoms. The van der Waals surface area contributed by atoms with Gasteiger partial charge in [-0.3, -0.25) is 0 Å². The third-order valence-electron chi connectivity index (χ3n) is 2.00. The number of methoxy groups -OCH3 is 1. The molecule has 1 rings (SSSR count). The van der Waals surface area contributed by atoms with Crippen molar-refractivity contribution in [3.63, 3.8) is 0 Å². The number of hydrogen-bond donors (Lipinski definition) is 0. The smallest absolute Gasteiger partial charge is 0.341 e. The average molecular weight is 291 g/mol. The summed E-state index contributed by atoms with van der Waals surface area (Å²) in [4.78, 5) is 11.5. The normalized spacial score (nSPS) is 10.0. The molecule has 1 aromatic rings. The first-order chi connectivity index (χ1) is 7.63. The van der Waals surface area contributed by atoms with Crippen LogP contribution in [0, 0.1) is 5.82 Å². The molecule has 0 aliphatic heterocycles. The second-order valence-electron chi connectivity index (χ2n) is 3.00. The van der Waals surface area contributed by atoms with Crippen LogP contribution in [0.5, 0.6) is 5.75 Å². The minimum Gasteiger partial charge on any atom is -0.497 e. The van der Waals surface area contributed by atoms with E-state index >= 15 is 0 Å². The first-order valence-corrected chi connectivity index (χ1v) is 5.85. The molecular weight excluding hydrogens is 279 g/mol. The fourth-order valence-corrected chi connectivity index (χ4v) is 1.73. The lowest BCUT2D eigenvalue weighted by atomic mass is 10.1. The molecule has 0 saturated carbocycles. The molecule has 0 radical (unpaired) electrons. The van der Waals surface area contributed by atoms with Crippen LogP contribution in [0.25, 0.3) is 0 Å². The van der Waals surface area contributed by atoms with Gasteiger partial charge in [-0.2, -0.15) is 0 Å². The first kappa shape index (κ1) is 13.0. The van der Waals surface area contributed by atoms with E-state index in [2.05, 4.69) is 15.9 Å². The van der Waals surface area contributed by atoms with Crippen LogP contribution in [0.3, 0.4) is 0 Å². The Morgan fingerprint density at radius 1 is 1.50 bits per heavy atom. The van der Waals surface area contributed by atoms with Gasteiger partial charge in [-0.15, -0.1) is 0 Å². The van der Waals surface area contributed by atoms with Crippen LogP contribution >= 0.6 is 15.9 Å². The third kappa shape index (κ3) is 2.72. The molecule has 88 valence electrons. The SMILES string of the molecule is CCOC(=O)c1c(F)cc(OC)cc1CBr. The number of carbonyl (C=O) groups excluding carboxylic acids is 1. The van der Waals surface area contributed by atoms with Crippen molar-refractivity contribution >= 4 is 21.9 Å². The van der Waals surface area contributed by atoms with Gasteiger partial charge in [0.1, 0.15) is 11.6 Å². The fraction of sp³-hybridized carbons (Fsp3) is 0.364. The van der Waals surface area contributed by atoms with E-state index in [9.17, 15) is 9.18 Å². The monoisotopic (exact) mass is 290 g/mol. The van der Waals surface area contributed by atoms with Crippen LogP contribution in [0.4, 0.5) is 4.39 Å². The molecule has 0 amide bonds. The zero-order valence-corrected chi connectivity index (χ0v) is 10.6. The van der Waals surface area contributed by atoms with E-state index in [-0.39, 0.29) is 12.2 Å². The van der Waals surface area contributed by atoms with E-state index in [0.29, 0.717) is 16.6 Å². The highest BCUT2D eigenvalue weighted by Gasteiger charge is 2.19. The Morgan fingerprint density at radius 3 is 2.69 bits per heavy atom. The summed E-state index contributed by atoms with van der Waals surface area (Å²) in [5, 5.41) is 0.356. The van der Waals surface area contributed by atoms with Gasteiger partial charge in [0.05, 0.1) is 19.3 Å².